The lowest BCUT2D eigenvalue weighted by atomic mass is 9.99. The molecule has 0 amide bonds. The van der Waals surface area contributed by atoms with Gasteiger partial charge in [-0.2, -0.15) is 0 Å². The molecular formula is C7H13NO3S. The molecule has 1 rings (SSSR count). The average Bonchev–Trinajstić information content (AvgIpc) is 2.05. The van der Waals surface area contributed by atoms with Gasteiger partial charge < -0.3 is 9.35 Å². The van der Waals surface area contributed by atoms with Gasteiger partial charge in [-0.25, -0.2) is 4.21 Å². The standard InChI is InChI=1S/C7H13NO3S/c9-5-7-1-3-8(4-2-7)6-12(10)11/h5,7H,1-4,6H2,(H,10,11). The lowest BCUT2D eigenvalue weighted by Crippen LogP contribution is -2.36. The lowest BCUT2D eigenvalue weighted by Gasteiger charge is -2.27. The van der Waals surface area contributed by atoms with Crippen LogP contribution in [0.15, 0.2) is 0 Å². The number of carbonyl (C=O) groups is 1. The van der Waals surface area contributed by atoms with Crippen molar-refractivity contribution >= 4 is 17.4 Å². The fraction of sp³-hybridized carbons (Fsp3) is 0.857. The van der Waals surface area contributed by atoms with Crippen molar-refractivity contribution in [1.29, 1.82) is 0 Å². The summed E-state index contributed by atoms with van der Waals surface area (Å²) < 4.78 is 19.0. The molecule has 1 N–H and O–H groups in total. The third-order valence-corrected chi connectivity index (χ3v) is 2.70. The quantitative estimate of drug-likeness (QED) is 0.507. The molecule has 1 aliphatic heterocycles. The number of nitrogens with zero attached hydrogens (tertiary/aromatic N) is 1. The Balaban J connectivity index is 2.26. The predicted molar refractivity (Wildman–Crippen MR) is 46.0 cm³/mol. The summed E-state index contributed by atoms with van der Waals surface area (Å²) in [4.78, 5) is 12.3. The van der Waals surface area contributed by atoms with Crippen LogP contribution < -0.4 is 0 Å². The van der Waals surface area contributed by atoms with Crippen molar-refractivity contribution < 1.29 is 13.6 Å². The number of aldehydes is 1. The zero-order valence-corrected chi connectivity index (χ0v) is 7.63. The number of hydrogen-bond acceptors (Lipinski definition) is 3. The van der Waals surface area contributed by atoms with Gasteiger partial charge in [0.15, 0.2) is 11.1 Å². The van der Waals surface area contributed by atoms with Gasteiger partial charge in [-0.3, -0.25) is 4.90 Å². The summed E-state index contributed by atoms with van der Waals surface area (Å²) in [6, 6.07) is 0. The highest BCUT2D eigenvalue weighted by atomic mass is 32.2. The highest BCUT2D eigenvalue weighted by Crippen LogP contribution is 2.14. The molecule has 5 heteroatoms. The van der Waals surface area contributed by atoms with Crippen molar-refractivity contribution in [2.45, 2.75) is 12.8 Å². The van der Waals surface area contributed by atoms with Crippen LogP contribution >= 0.6 is 0 Å². The van der Waals surface area contributed by atoms with Crippen LogP contribution in [0.2, 0.25) is 0 Å². The van der Waals surface area contributed by atoms with E-state index in [4.69, 9.17) is 4.55 Å². The minimum atomic E-state index is -1.74. The summed E-state index contributed by atoms with van der Waals surface area (Å²) in [7, 11) is 0. The van der Waals surface area contributed by atoms with E-state index in [1.807, 2.05) is 4.90 Å². The van der Waals surface area contributed by atoms with Crippen LogP contribution in [0.25, 0.3) is 0 Å². The maximum absolute atomic E-state index is 10.4. The molecule has 4 nitrogen and oxygen atoms in total. The Morgan fingerprint density at radius 1 is 1.50 bits per heavy atom. The highest BCUT2D eigenvalue weighted by Gasteiger charge is 2.18. The summed E-state index contributed by atoms with van der Waals surface area (Å²) in [5, 5.41) is 0. The molecular weight excluding hydrogens is 178 g/mol. The first-order valence-corrected chi connectivity index (χ1v) is 5.25. The third-order valence-electron chi connectivity index (χ3n) is 2.12. The predicted octanol–water partition coefficient (Wildman–Crippen LogP) is 0.0765. The number of likely N-dealkylation sites (tertiary alicyclic amines) is 1. The van der Waals surface area contributed by atoms with E-state index in [-0.39, 0.29) is 11.8 Å². The summed E-state index contributed by atoms with van der Waals surface area (Å²) in [6.07, 6.45) is 2.62. The largest absolute Gasteiger partial charge is 0.305 e. The van der Waals surface area contributed by atoms with Crippen molar-refractivity contribution in [3.8, 4) is 0 Å². The van der Waals surface area contributed by atoms with Crippen molar-refractivity contribution in [3.05, 3.63) is 0 Å². The Kier molecular flexibility index (Phi) is 3.84. The second kappa shape index (κ2) is 4.69. The summed E-state index contributed by atoms with van der Waals surface area (Å²) in [5.74, 6) is 0.374. The second-order valence-corrected chi connectivity index (χ2v) is 3.94. The maximum atomic E-state index is 10.4. The first-order valence-electron chi connectivity index (χ1n) is 3.97. The Bertz CT molecular complexity index is 177. The van der Waals surface area contributed by atoms with Crippen LogP contribution in [0, 0.1) is 5.92 Å². The summed E-state index contributed by atoms with van der Waals surface area (Å²) >= 11 is -1.74. The van der Waals surface area contributed by atoms with Gasteiger partial charge in [0, 0.05) is 5.92 Å². The molecule has 1 saturated heterocycles. The molecule has 12 heavy (non-hydrogen) atoms. The molecule has 1 aliphatic rings. The molecule has 1 fully saturated rings. The van der Waals surface area contributed by atoms with E-state index in [9.17, 15) is 9.00 Å². The van der Waals surface area contributed by atoms with Crippen molar-refractivity contribution in [1.82, 2.24) is 4.90 Å². The normalized spacial score (nSPS) is 23.8. The first kappa shape index (κ1) is 9.83. The minimum Gasteiger partial charge on any atom is -0.305 e. The molecule has 0 spiro atoms. The monoisotopic (exact) mass is 191 g/mol. The highest BCUT2D eigenvalue weighted by molar-refractivity contribution is 7.79. The Morgan fingerprint density at radius 2 is 2.08 bits per heavy atom. The molecule has 0 aromatic carbocycles. The third kappa shape index (κ3) is 3.00. The number of rotatable bonds is 3. The first-order chi connectivity index (χ1) is 5.72. The maximum Gasteiger partial charge on any atom is 0.167 e. The number of carbonyl (C=O) groups excluding carboxylic acids is 1. The Hall–Kier alpha value is -0.260. The van der Waals surface area contributed by atoms with Gasteiger partial charge >= 0.3 is 0 Å². The van der Waals surface area contributed by atoms with Crippen LogP contribution in [0.1, 0.15) is 12.8 Å². The van der Waals surface area contributed by atoms with Gasteiger partial charge in [-0.15, -0.1) is 0 Å². The zero-order chi connectivity index (χ0) is 8.97. The zero-order valence-electron chi connectivity index (χ0n) is 6.81. The average molecular weight is 191 g/mol. The van der Waals surface area contributed by atoms with Gasteiger partial charge in [0.1, 0.15) is 12.2 Å². The molecule has 0 aromatic rings. The molecule has 70 valence electrons. The molecule has 0 radical (unpaired) electrons. The summed E-state index contributed by atoms with van der Waals surface area (Å²) in [6.45, 7) is 1.52. The van der Waals surface area contributed by atoms with E-state index in [2.05, 4.69) is 0 Å². The summed E-state index contributed by atoms with van der Waals surface area (Å²) in [5.41, 5.74) is 0. The molecule has 1 unspecified atom stereocenters. The van der Waals surface area contributed by atoms with E-state index in [0.29, 0.717) is 0 Å². The van der Waals surface area contributed by atoms with Crippen molar-refractivity contribution in [3.63, 3.8) is 0 Å². The number of piperidine rings is 1. The van der Waals surface area contributed by atoms with Gasteiger partial charge in [0.05, 0.1) is 0 Å². The van der Waals surface area contributed by atoms with Crippen molar-refractivity contribution in [2.75, 3.05) is 19.0 Å². The molecule has 0 saturated carbocycles. The van der Waals surface area contributed by atoms with Crippen LogP contribution in [-0.4, -0.2) is 38.9 Å². The smallest absolute Gasteiger partial charge is 0.167 e. The fourth-order valence-electron chi connectivity index (χ4n) is 1.37. The van der Waals surface area contributed by atoms with Gasteiger partial charge in [-0.1, -0.05) is 0 Å². The minimum absolute atomic E-state index is 0.161. The van der Waals surface area contributed by atoms with Gasteiger partial charge in [-0.05, 0) is 25.9 Å². The Morgan fingerprint density at radius 3 is 2.50 bits per heavy atom. The van der Waals surface area contributed by atoms with E-state index < -0.39 is 11.1 Å². The SMILES string of the molecule is O=CC1CCN(CS(=O)O)CC1. The van der Waals surface area contributed by atoms with Crippen LogP contribution in [0.3, 0.4) is 0 Å². The second-order valence-electron chi connectivity index (χ2n) is 3.04. The van der Waals surface area contributed by atoms with Crippen LogP contribution in [0.4, 0.5) is 0 Å². The van der Waals surface area contributed by atoms with Crippen LogP contribution in [-0.2, 0) is 15.9 Å². The van der Waals surface area contributed by atoms with Gasteiger partial charge in [0.2, 0.25) is 0 Å². The molecule has 0 bridgehead atoms. The lowest BCUT2D eigenvalue weighted by molar-refractivity contribution is -0.112. The van der Waals surface area contributed by atoms with E-state index in [0.717, 1.165) is 32.2 Å². The molecule has 1 heterocycles. The van der Waals surface area contributed by atoms with Crippen LogP contribution in [0.5, 0.6) is 0 Å². The van der Waals surface area contributed by atoms with E-state index in [1.165, 1.54) is 0 Å². The van der Waals surface area contributed by atoms with Gasteiger partial charge in [0.25, 0.3) is 0 Å². The van der Waals surface area contributed by atoms with E-state index in [1.54, 1.807) is 0 Å². The Labute approximate surface area is 74.2 Å². The molecule has 0 aromatic heterocycles. The topological polar surface area (TPSA) is 57.6 Å². The van der Waals surface area contributed by atoms with E-state index >= 15 is 0 Å². The van der Waals surface area contributed by atoms with Crippen molar-refractivity contribution in [2.24, 2.45) is 5.92 Å². The fourth-order valence-corrected chi connectivity index (χ4v) is 1.94. The molecule has 1 atom stereocenters. The number of hydrogen-bond donors (Lipinski definition) is 1. The molecule has 0 aliphatic carbocycles.